The molecule has 6 heteroatoms. The van der Waals surface area contributed by atoms with Gasteiger partial charge in [0.1, 0.15) is 11.5 Å². The highest BCUT2D eigenvalue weighted by molar-refractivity contribution is 5.99. The molecule has 1 spiro atoms. The van der Waals surface area contributed by atoms with Crippen LogP contribution in [0.4, 0.5) is 0 Å². The Kier molecular flexibility index (Phi) is 5.79. The molecule has 5 aliphatic rings. The summed E-state index contributed by atoms with van der Waals surface area (Å²) < 4.78 is 6.55. The zero-order valence-electron chi connectivity index (χ0n) is 23.3. The van der Waals surface area contributed by atoms with Crippen LogP contribution in [0, 0.1) is 11.8 Å². The third-order valence-corrected chi connectivity index (χ3v) is 10.5. The lowest BCUT2D eigenvalue weighted by molar-refractivity contribution is -0.138. The first-order chi connectivity index (χ1) is 20.0. The number of amides is 1. The van der Waals surface area contributed by atoms with Crippen LogP contribution in [-0.2, 0) is 23.1 Å². The lowest BCUT2D eigenvalue weighted by atomic mass is 9.51. The fourth-order valence-corrected chi connectivity index (χ4v) is 8.39. The third-order valence-electron chi connectivity index (χ3n) is 10.5. The number of phenols is 1. The minimum atomic E-state index is -0.443. The van der Waals surface area contributed by atoms with E-state index in [1.165, 1.54) is 30.5 Å². The Morgan fingerprint density at radius 1 is 1.00 bits per heavy atom. The third kappa shape index (κ3) is 4.02. The molecule has 0 radical (unpaired) electrons. The van der Waals surface area contributed by atoms with Gasteiger partial charge in [-0.05, 0) is 97.4 Å². The predicted octanol–water partition coefficient (Wildman–Crippen LogP) is 5.05. The average Bonchev–Trinajstić information content (AvgIpc) is 3.74. The van der Waals surface area contributed by atoms with Crippen LogP contribution < -0.4 is 10.1 Å². The van der Waals surface area contributed by atoms with Crippen molar-refractivity contribution < 1.29 is 19.4 Å². The Bertz CT molecular complexity index is 1530. The van der Waals surface area contributed by atoms with Crippen molar-refractivity contribution >= 4 is 11.7 Å². The SMILES string of the molecule is O=C(NCCc1ccc(-c2ccc(O)cc2)cc1)c1ccc2c3c1OC1C(=O)CCC4C(C2)N(CC2CC2)CCC314. The van der Waals surface area contributed by atoms with Gasteiger partial charge in [-0.3, -0.25) is 14.5 Å². The van der Waals surface area contributed by atoms with Crippen molar-refractivity contribution in [1.82, 2.24) is 10.2 Å². The van der Waals surface area contributed by atoms with E-state index in [0.29, 0.717) is 42.7 Å². The van der Waals surface area contributed by atoms with Crippen LogP contribution in [0.3, 0.4) is 0 Å². The summed E-state index contributed by atoms with van der Waals surface area (Å²) in [5.41, 5.74) is 6.04. The number of hydrogen-bond acceptors (Lipinski definition) is 5. The fourth-order valence-electron chi connectivity index (χ4n) is 8.39. The van der Waals surface area contributed by atoms with Crippen molar-refractivity contribution in [3.05, 3.63) is 82.9 Å². The highest BCUT2D eigenvalue weighted by atomic mass is 16.5. The summed E-state index contributed by atoms with van der Waals surface area (Å²) >= 11 is 0. The van der Waals surface area contributed by atoms with Gasteiger partial charge in [0.05, 0.1) is 5.56 Å². The number of rotatable bonds is 7. The van der Waals surface area contributed by atoms with Crippen LogP contribution in [0.15, 0.2) is 60.7 Å². The molecular weight excluding hydrogens is 512 g/mol. The van der Waals surface area contributed by atoms with Crippen molar-refractivity contribution in [2.24, 2.45) is 11.8 Å². The second kappa shape index (κ2) is 9.45. The van der Waals surface area contributed by atoms with Gasteiger partial charge in [0, 0.05) is 36.5 Å². The molecule has 2 saturated carbocycles. The van der Waals surface area contributed by atoms with Crippen LogP contribution in [0.1, 0.15) is 59.2 Å². The number of ketones is 1. The summed E-state index contributed by atoms with van der Waals surface area (Å²) in [4.78, 5) is 29.5. The van der Waals surface area contributed by atoms with Gasteiger partial charge in [-0.2, -0.15) is 0 Å². The van der Waals surface area contributed by atoms with Crippen LogP contribution in [-0.4, -0.2) is 53.5 Å². The lowest BCUT2D eigenvalue weighted by Gasteiger charge is -2.57. The van der Waals surface area contributed by atoms with Gasteiger partial charge in [0.25, 0.3) is 5.91 Å². The zero-order valence-corrected chi connectivity index (χ0v) is 23.3. The molecule has 2 heterocycles. The first-order valence-electron chi connectivity index (χ1n) is 15.3. The van der Waals surface area contributed by atoms with E-state index in [4.69, 9.17) is 4.74 Å². The Balaban J connectivity index is 1.01. The van der Waals surface area contributed by atoms with Gasteiger partial charge >= 0.3 is 0 Å². The Morgan fingerprint density at radius 2 is 1.76 bits per heavy atom. The van der Waals surface area contributed by atoms with E-state index in [0.717, 1.165) is 48.4 Å². The van der Waals surface area contributed by atoms with Crippen molar-refractivity contribution in [3.8, 4) is 22.6 Å². The van der Waals surface area contributed by atoms with E-state index < -0.39 is 6.10 Å². The number of carbonyl (C=O) groups excluding carboxylic acids is 2. The van der Waals surface area contributed by atoms with E-state index in [2.05, 4.69) is 40.5 Å². The maximum absolute atomic E-state index is 13.5. The summed E-state index contributed by atoms with van der Waals surface area (Å²) in [6, 6.07) is 20.0. The lowest BCUT2D eigenvalue weighted by Crippen LogP contribution is -2.66. The van der Waals surface area contributed by atoms with Gasteiger partial charge in [-0.25, -0.2) is 0 Å². The standard InChI is InChI=1S/C35H36N2O4/c38-26-10-7-24(8-11-26)23-5-3-21(4-6-23)15-17-36-34(40)27-12-9-25-19-29-28-13-14-30(39)33-35(28,31(25)32(27)41-33)16-18-37(29)20-22-1-2-22/h3-12,22,28-29,33,38H,1-2,13-20H2,(H,36,40). The number of piperidine rings is 1. The Labute approximate surface area is 240 Å². The molecule has 3 aromatic carbocycles. The van der Waals surface area contributed by atoms with E-state index in [9.17, 15) is 14.7 Å². The van der Waals surface area contributed by atoms with Gasteiger partial charge in [0.2, 0.25) is 0 Å². The Morgan fingerprint density at radius 3 is 2.51 bits per heavy atom. The summed E-state index contributed by atoms with van der Waals surface area (Å²) in [5, 5.41) is 12.7. The number of ether oxygens (including phenoxy) is 1. The number of carbonyl (C=O) groups is 2. The molecule has 3 fully saturated rings. The second-order valence-corrected chi connectivity index (χ2v) is 12.8. The number of nitrogens with one attached hydrogen (secondary N) is 1. The van der Waals surface area contributed by atoms with E-state index >= 15 is 0 Å². The molecule has 2 bridgehead atoms. The molecule has 3 aliphatic carbocycles. The van der Waals surface area contributed by atoms with Gasteiger partial charge in [-0.15, -0.1) is 0 Å². The second-order valence-electron chi connectivity index (χ2n) is 12.8. The molecule has 0 aromatic heterocycles. The molecular formula is C35H36N2O4. The fraction of sp³-hybridized carbons (Fsp3) is 0.429. The molecule has 6 nitrogen and oxygen atoms in total. The maximum atomic E-state index is 13.5. The monoisotopic (exact) mass is 548 g/mol. The summed E-state index contributed by atoms with van der Waals surface area (Å²) in [5.74, 6) is 2.29. The number of nitrogens with zero attached hydrogens (tertiary/aromatic N) is 1. The first-order valence-corrected chi connectivity index (χ1v) is 15.3. The molecule has 41 heavy (non-hydrogen) atoms. The summed E-state index contributed by atoms with van der Waals surface area (Å²) in [6.45, 7) is 2.73. The van der Waals surface area contributed by atoms with Crippen molar-refractivity contribution in [2.75, 3.05) is 19.6 Å². The molecule has 1 saturated heterocycles. The highest BCUT2D eigenvalue weighted by Crippen LogP contribution is 2.62. The average molecular weight is 549 g/mol. The Hall–Kier alpha value is -3.64. The highest BCUT2D eigenvalue weighted by Gasteiger charge is 2.66. The van der Waals surface area contributed by atoms with E-state index in [1.807, 2.05) is 18.2 Å². The zero-order chi connectivity index (χ0) is 27.7. The van der Waals surface area contributed by atoms with Crippen molar-refractivity contribution in [1.29, 1.82) is 0 Å². The number of likely N-dealkylation sites (tertiary alicyclic amines) is 1. The minimum Gasteiger partial charge on any atom is -0.508 e. The van der Waals surface area contributed by atoms with Crippen molar-refractivity contribution in [2.45, 2.75) is 62.5 Å². The quantitative estimate of drug-likeness (QED) is 0.432. The normalized spacial score (nSPS) is 27.7. The molecule has 1 amide bonds. The molecule has 2 aliphatic heterocycles. The number of benzene rings is 3. The van der Waals surface area contributed by atoms with Gasteiger partial charge < -0.3 is 15.2 Å². The number of Topliss-reactive ketones (excluding diaryl/α,β-unsaturated/α-hetero) is 1. The molecule has 2 N–H and O–H groups in total. The largest absolute Gasteiger partial charge is 0.508 e. The predicted molar refractivity (Wildman–Crippen MR) is 156 cm³/mol. The molecule has 3 aromatic rings. The van der Waals surface area contributed by atoms with Gasteiger partial charge in [-0.1, -0.05) is 42.5 Å². The summed E-state index contributed by atoms with van der Waals surface area (Å²) in [6.07, 6.45) is 6.44. The van der Waals surface area contributed by atoms with Gasteiger partial charge in [0.15, 0.2) is 11.9 Å². The maximum Gasteiger partial charge on any atom is 0.255 e. The topological polar surface area (TPSA) is 78.9 Å². The number of aromatic hydroxyl groups is 1. The smallest absolute Gasteiger partial charge is 0.255 e. The van der Waals surface area contributed by atoms with Crippen LogP contribution in [0.2, 0.25) is 0 Å². The van der Waals surface area contributed by atoms with Crippen LogP contribution in [0.5, 0.6) is 11.5 Å². The molecule has 8 rings (SSSR count). The van der Waals surface area contributed by atoms with E-state index in [-0.39, 0.29) is 22.9 Å². The molecule has 4 atom stereocenters. The van der Waals surface area contributed by atoms with Crippen molar-refractivity contribution in [3.63, 3.8) is 0 Å². The summed E-state index contributed by atoms with van der Waals surface area (Å²) in [7, 11) is 0. The van der Waals surface area contributed by atoms with Crippen LogP contribution >= 0.6 is 0 Å². The number of hydrogen-bond donors (Lipinski definition) is 2. The van der Waals surface area contributed by atoms with Crippen LogP contribution in [0.25, 0.3) is 11.1 Å². The first kappa shape index (κ1) is 25.1. The number of phenolic OH excluding ortho intramolecular Hbond substituents is 1. The molecule has 210 valence electrons. The molecule has 4 unspecified atom stereocenters. The minimum absolute atomic E-state index is 0.129. The van der Waals surface area contributed by atoms with E-state index in [1.54, 1.807) is 12.1 Å².